The highest BCUT2D eigenvalue weighted by molar-refractivity contribution is 5.71. The van der Waals surface area contributed by atoms with Crippen LogP contribution in [-0.2, 0) is 28.6 Å². The molecule has 0 rings (SSSR count). The molecule has 0 aliphatic heterocycles. The van der Waals surface area contributed by atoms with Crippen molar-refractivity contribution >= 4 is 17.9 Å². The van der Waals surface area contributed by atoms with Crippen LogP contribution in [0, 0.1) is 0 Å². The first kappa shape index (κ1) is 51.6. The molecule has 6 heteroatoms. The van der Waals surface area contributed by atoms with Gasteiger partial charge in [0.2, 0.25) is 0 Å². The van der Waals surface area contributed by atoms with Crippen LogP contribution in [0.1, 0.15) is 188 Å². The summed E-state index contributed by atoms with van der Waals surface area (Å²) in [5.41, 5.74) is 0. The fraction of sp³-hybridized carbons (Fsp3) is 0.653. The van der Waals surface area contributed by atoms with Gasteiger partial charge < -0.3 is 14.2 Å². The molecule has 1 unspecified atom stereocenters. The highest BCUT2D eigenvalue weighted by Crippen LogP contribution is 2.12. The Hall–Kier alpha value is -3.41. The van der Waals surface area contributed by atoms with E-state index in [0.29, 0.717) is 19.3 Å². The summed E-state index contributed by atoms with van der Waals surface area (Å²) in [4.78, 5) is 37.6. The molecule has 0 saturated heterocycles. The fourth-order valence-corrected chi connectivity index (χ4v) is 5.66. The summed E-state index contributed by atoms with van der Waals surface area (Å²) in [7, 11) is 0. The Balaban J connectivity index is 4.47. The lowest BCUT2D eigenvalue weighted by molar-refractivity contribution is -0.167. The van der Waals surface area contributed by atoms with Crippen LogP contribution in [-0.4, -0.2) is 37.2 Å². The molecule has 0 fully saturated rings. The lowest BCUT2D eigenvalue weighted by Gasteiger charge is -2.18. The predicted octanol–water partition coefficient (Wildman–Crippen LogP) is 14.1. The zero-order valence-electron chi connectivity index (χ0n) is 35.4. The zero-order chi connectivity index (χ0) is 40.1. The molecule has 0 aliphatic rings. The van der Waals surface area contributed by atoms with E-state index < -0.39 is 6.10 Å². The minimum atomic E-state index is -0.804. The number of carbonyl (C=O) groups is 3. The minimum absolute atomic E-state index is 0.107. The first-order chi connectivity index (χ1) is 27.0. The molecule has 0 heterocycles. The molecule has 0 aliphatic carbocycles. The molecule has 0 bridgehead atoms. The molecule has 55 heavy (non-hydrogen) atoms. The van der Waals surface area contributed by atoms with Crippen molar-refractivity contribution in [2.24, 2.45) is 0 Å². The van der Waals surface area contributed by atoms with Crippen molar-refractivity contribution in [1.29, 1.82) is 0 Å². The van der Waals surface area contributed by atoms with Gasteiger partial charge in [0.15, 0.2) is 6.10 Å². The van der Waals surface area contributed by atoms with Crippen molar-refractivity contribution in [2.45, 2.75) is 194 Å². The fourth-order valence-electron chi connectivity index (χ4n) is 5.66. The standard InChI is InChI=1S/C49H80O6/c1-4-7-10-13-16-19-21-23-24-26-27-30-33-36-39-42-48(51)54-45-46(44-53-47(50)41-38-35-32-29-18-15-12-9-6-3)55-49(52)43-40-37-34-31-28-25-22-20-17-14-11-8-5-2/h7,9-10,12-13,16,18-19,21,23-25,28-29,46H,4-6,8,11,14-15,17,20,22,26-27,30-45H2,1-3H3/b10-7-,12-9-,16-13-,21-19-,24-23-,28-25-,29-18-. The van der Waals surface area contributed by atoms with E-state index in [1.165, 1.54) is 38.5 Å². The maximum Gasteiger partial charge on any atom is 0.306 e. The zero-order valence-corrected chi connectivity index (χ0v) is 35.4. The van der Waals surface area contributed by atoms with E-state index in [1.807, 2.05) is 24.3 Å². The van der Waals surface area contributed by atoms with Crippen molar-refractivity contribution in [3.8, 4) is 0 Å². The van der Waals surface area contributed by atoms with Crippen LogP contribution in [0.25, 0.3) is 0 Å². The summed E-state index contributed by atoms with van der Waals surface area (Å²) in [6.45, 7) is 6.27. The molecule has 0 spiro atoms. The van der Waals surface area contributed by atoms with Crippen molar-refractivity contribution in [3.05, 3.63) is 85.1 Å². The van der Waals surface area contributed by atoms with Gasteiger partial charge in [-0.1, -0.05) is 164 Å². The average molecular weight is 765 g/mol. The quantitative estimate of drug-likeness (QED) is 0.0205. The molecule has 0 amide bonds. The van der Waals surface area contributed by atoms with Crippen LogP contribution in [0.5, 0.6) is 0 Å². The molecule has 0 saturated carbocycles. The molecular weight excluding hydrogens is 685 g/mol. The number of unbranched alkanes of at least 4 members (excludes halogenated alkanes) is 16. The summed E-state index contributed by atoms with van der Waals surface area (Å²) in [6.07, 6.45) is 54.3. The third-order valence-corrected chi connectivity index (χ3v) is 8.96. The predicted molar refractivity (Wildman–Crippen MR) is 233 cm³/mol. The molecule has 0 aromatic rings. The second-order valence-electron chi connectivity index (χ2n) is 14.3. The average Bonchev–Trinajstić information content (AvgIpc) is 3.18. The van der Waals surface area contributed by atoms with E-state index in [0.717, 1.165) is 109 Å². The highest BCUT2D eigenvalue weighted by atomic mass is 16.6. The van der Waals surface area contributed by atoms with Gasteiger partial charge in [0, 0.05) is 19.3 Å². The van der Waals surface area contributed by atoms with E-state index in [2.05, 4.69) is 81.5 Å². The Labute approximate surface area is 337 Å². The third kappa shape index (κ3) is 41.6. The molecule has 0 aromatic heterocycles. The van der Waals surface area contributed by atoms with Gasteiger partial charge in [-0.2, -0.15) is 0 Å². The second-order valence-corrected chi connectivity index (χ2v) is 14.3. The van der Waals surface area contributed by atoms with Crippen LogP contribution in [0.15, 0.2) is 85.1 Å². The van der Waals surface area contributed by atoms with Crippen LogP contribution in [0.4, 0.5) is 0 Å². The molecule has 0 N–H and O–H groups in total. The summed E-state index contributed by atoms with van der Waals surface area (Å²) in [5.74, 6) is -0.991. The highest BCUT2D eigenvalue weighted by Gasteiger charge is 2.19. The van der Waals surface area contributed by atoms with Gasteiger partial charge in [0.05, 0.1) is 0 Å². The topological polar surface area (TPSA) is 78.9 Å². The maximum atomic E-state index is 12.7. The number of hydrogen-bond donors (Lipinski definition) is 0. The van der Waals surface area contributed by atoms with Gasteiger partial charge in [-0.25, -0.2) is 0 Å². The molecular formula is C49H80O6. The SMILES string of the molecule is CC\C=C/C=C\C=C/C=C\CCCCCCCC(=O)OCC(COC(=O)CCCC/C=C\C/C=C\CC)OC(=O)CCCCC/C=C\CCCCCCCC. The molecule has 0 aromatic carbocycles. The van der Waals surface area contributed by atoms with Gasteiger partial charge in [-0.05, 0) is 89.9 Å². The summed E-state index contributed by atoms with van der Waals surface area (Å²) < 4.78 is 16.6. The van der Waals surface area contributed by atoms with E-state index in [-0.39, 0.29) is 31.1 Å². The number of hydrogen-bond acceptors (Lipinski definition) is 6. The first-order valence-electron chi connectivity index (χ1n) is 22.1. The molecule has 0 radical (unpaired) electrons. The van der Waals surface area contributed by atoms with Crippen LogP contribution >= 0.6 is 0 Å². The molecule has 6 nitrogen and oxygen atoms in total. The smallest absolute Gasteiger partial charge is 0.306 e. The van der Waals surface area contributed by atoms with E-state index >= 15 is 0 Å². The molecule has 1 atom stereocenters. The van der Waals surface area contributed by atoms with Gasteiger partial charge >= 0.3 is 17.9 Å². The van der Waals surface area contributed by atoms with Crippen molar-refractivity contribution < 1.29 is 28.6 Å². The van der Waals surface area contributed by atoms with Crippen LogP contribution < -0.4 is 0 Å². The Morgan fingerprint density at radius 3 is 1.38 bits per heavy atom. The lowest BCUT2D eigenvalue weighted by Crippen LogP contribution is -2.30. The third-order valence-electron chi connectivity index (χ3n) is 8.96. The Morgan fingerprint density at radius 2 is 0.800 bits per heavy atom. The van der Waals surface area contributed by atoms with Crippen molar-refractivity contribution in [1.82, 2.24) is 0 Å². The second kappa shape index (κ2) is 43.3. The van der Waals surface area contributed by atoms with Crippen molar-refractivity contribution in [3.63, 3.8) is 0 Å². The number of rotatable bonds is 38. The minimum Gasteiger partial charge on any atom is -0.462 e. The normalized spacial score (nSPS) is 12.9. The van der Waals surface area contributed by atoms with Crippen LogP contribution in [0.3, 0.4) is 0 Å². The summed E-state index contributed by atoms with van der Waals surface area (Å²) in [5, 5.41) is 0. The van der Waals surface area contributed by atoms with E-state index in [4.69, 9.17) is 14.2 Å². The molecule has 312 valence electrons. The van der Waals surface area contributed by atoms with Gasteiger partial charge in [-0.3, -0.25) is 14.4 Å². The van der Waals surface area contributed by atoms with Crippen LogP contribution in [0.2, 0.25) is 0 Å². The lowest BCUT2D eigenvalue weighted by atomic mass is 10.1. The Kier molecular flexibility index (Phi) is 40.6. The summed E-state index contributed by atoms with van der Waals surface area (Å²) in [6, 6.07) is 0. The largest absolute Gasteiger partial charge is 0.462 e. The Bertz CT molecular complexity index is 1110. The number of allylic oxidation sites excluding steroid dienone is 14. The number of ether oxygens (including phenoxy) is 3. The maximum absolute atomic E-state index is 12.7. The monoisotopic (exact) mass is 765 g/mol. The van der Waals surface area contributed by atoms with E-state index in [1.54, 1.807) is 0 Å². The number of esters is 3. The van der Waals surface area contributed by atoms with Gasteiger partial charge in [-0.15, -0.1) is 0 Å². The number of carbonyl (C=O) groups excluding carboxylic acids is 3. The Morgan fingerprint density at radius 1 is 0.400 bits per heavy atom. The van der Waals surface area contributed by atoms with E-state index in [9.17, 15) is 14.4 Å². The van der Waals surface area contributed by atoms with Crippen molar-refractivity contribution in [2.75, 3.05) is 13.2 Å². The first-order valence-corrected chi connectivity index (χ1v) is 22.1. The van der Waals surface area contributed by atoms with Gasteiger partial charge in [0.25, 0.3) is 0 Å². The summed E-state index contributed by atoms with van der Waals surface area (Å²) >= 11 is 0. The van der Waals surface area contributed by atoms with Gasteiger partial charge in [0.1, 0.15) is 13.2 Å².